The van der Waals surface area contributed by atoms with Gasteiger partial charge >= 0.3 is 0 Å². The second kappa shape index (κ2) is 14.8. The van der Waals surface area contributed by atoms with Crippen LogP contribution in [0.2, 0.25) is 0 Å². The molecular formula is C40H36N4O7. The SMILES string of the molecule is O=C(NCCc1ccc(O)c(O)c1)[C@H](Cc1cnc[nH]1)N(C(=O)c1cc(O)c(O)c(O)c1)C(c1ccccc1)(c1ccccc1)c1ccccc1. The minimum atomic E-state index is -1.49. The van der Waals surface area contributed by atoms with Gasteiger partial charge in [0, 0.05) is 30.4 Å². The lowest BCUT2D eigenvalue weighted by Crippen LogP contribution is -2.61. The van der Waals surface area contributed by atoms with E-state index < -0.39 is 40.6 Å². The molecule has 0 saturated heterocycles. The van der Waals surface area contributed by atoms with Crippen LogP contribution in [-0.2, 0) is 23.2 Å². The maximum Gasteiger partial charge on any atom is 0.256 e. The monoisotopic (exact) mass is 684 g/mol. The fourth-order valence-electron chi connectivity index (χ4n) is 6.43. The van der Waals surface area contributed by atoms with Crippen molar-refractivity contribution in [1.82, 2.24) is 20.2 Å². The Labute approximate surface area is 293 Å². The molecule has 1 aromatic heterocycles. The first kappa shape index (κ1) is 34.1. The van der Waals surface area contributed by atoms with Crippen LogP contribution in [0.1, 0.15) is 38.3 Å². The van der Waals surface area contributed by atoms with Crippen molar-refractivity contribution in [2.45, 2.75) is 24.4 Å². The molecule has 0 aliphatic carbocycles. The number of phenols is 5. The Morgan fingerprint density at radius 2 is 1.25 bits per heavy atom. The number of hydrogen-bond donors (Lipinski definition) is 7. The number of hydrogen-bond acceptors (Lipinski definition) is 8. The third kappa shape index (κ3) is 6.90. The standard InChI is InChI=1S/C40H36N4O7/c45-33-17-16-26(20-34(33)46)18-19-42-38(50)32(23-31-24-41-25-43-31)44(39(51)27-21-35(47)37(49)36(48)22-27)40(28-10-4-1-5-11-28,29-12-6-2-7-13-29)30-14-8-3-9-15-30/h1-17,20-22,24-25,32,45-49H,18-19,23H2,(H,41,43)(H,42,50)/t32-/m0/s1. The Balaban J connectivity index is 1.59. The summed E-state index contributed by atoms with van der Waals surface area (Å²) in [5.74, 6) is -4.02. The number of rotatable bonds is 12. The molecule has 1 heterocycles. The predicted molar refractivity (Wildman–Crippen MR) is 189 cm³/mol. The molecule has 2 amide bonds. The van der Waals surface area contributed by atoms with E-state index in [0.29, 0.717) is 34.4 Å². The number of nitrogens with one attached hydrogen (secondary N) is 2. The summed E-state index contributed by atoms with van der Waals surface area (Å²) in [6.45, 7) is 0.111. The van der Waals surface area contributed by atoms with E-state index in [1.54, 1.807) is 12.3 Å². The highest BCUT2D eigenvalue weighted by Gasteiger charge is 2.50. The lowest BCUT2D eigenvalue weighted by atomic mass is 9.74. The van der Waals surface area contributed by atoms with E-state index in [-0.39, 0.29) is 30.0 Å². The number of aromatic amines is 1. The zero-order valence-corrected chi connectivity index (χ0v) is 27.3. The van der Waals surface area contributed by atoms with Crippen LogP contribution < -0.4 is 5.32 Å². The first-order valence-electron chi connectivity index (χ1n) is 16.2. The minimum absolute atomic E-state index is 0.0259. The van der Waals surface area contributed by atoms with Crippen molar-refractivity contribution in [2.75, 3.05) is 6.54 Å². The van der Waals surface area contributed by atoms with Gasteiger partial charge in [0.15, 0.2) is 28.7 Å². The maximum absolute atomic E-state index is 15.3. The van der Waals surface area contributed by atoms with Crippen LogP contribution >= 0.6 is 0 Å². The van der Waals surface area contributed by atoms with Crippen molar-refractivity contribution in [3.63, 3.8) is 0 Å². The second-order valence-corrected chi connectivity index (χ2v) is 12.0. The highest BCUT2D eigenvalue weighted by Crippen LogP contribution is 2.46. The van der Waals surface area contributed by atoms with E-state index >= 15 is 4.79 Å². The number of nitrogens with zero attached hydrogens (tertiary/aromatic N) is 2. The van der Waals surface area contributed by atoms with E-state index in [0.717, 1.165) is 12.1 Å². The fraction of sp³-hybridized carbons (Fsp3) is 0.125. The van der Waals surface area contributed by atoms with Crippen molar-refractivity contribution in [2.24, 2.45) is 0 Å². The Morgan fingerprint density at radius 1 is 0.706 bits per heavy atom. The lowest BCUT2D eigenvalue weighted by molar-refractivity contribution is -0.127. The average molecular weight is 685 g/mol. The molecule has 7 N–H and O–H groups in total. The van der Waals surface area contributed by atoms with Crippen LogP contribution in [-0.4, -0.2) is 64.8 Å². The third-order valence-corrected chi connectivity index (χ3v) is 8.81. The summed E-state index contributed by atoms with van der Waals surface area (Å²) in [6.07, 6.45) is 3.31. The summed E-state index contributed by atoms with van der Waals surface area (Å²) < 4.78 is 0. The van der Waals surface area contributed by atoms with E-state index in [4.69, 9.17) is 0 Å². The zero-order chi connectivity index (χ0) is 36.0. The smallest absolute Gasteiger partial charge is 0.256 e. The molecule has 0 unspecified atom stereocenters. The molecular weight excluding hydrogens is 648 g/mol. The largest absolute Gasteiger partial charge is 0.504 e. The second-order valence-electron chi connectivity index (χ2n) is 12.0. The molecule has 1 atom stereocenters. The molecule has 0 radical (unpaired) electrons. The number of aromatic nitrogens is 2. The van der Waals surface area contributed by atoms with Crippen LogP contribution in [0, 0.1) is 0 Å². The van der Waals surface area contributed by atoms with Gasteiger partial charge in [-0.15, -0.1) is 0 Å². The van der Waals surface area contributed by atoms with Crippen LogP contribution in [0.15, 0.2) is 134 Å². The van der Waals surface area contributed by atoms with Gasteiger partial charge in [-0.2, -0.15) is 0 Å². The lowest BCUT2D eigenvalue weighted by Gasteiger charge is -2.48. The van der Waals surface area contributed by atoms with Crippen molar-refractivity contribution < 1.29 is 35.1 Å². The summed E-state index contributed by atoms with van der Waals surface area (Å²) in [5.41, 5.74) is 1.47. The highest BCUT2D eigenvalue weighted by molar-refractivity contribution is 6.00. The number of imidazole rings is 1. The Bertz CT molecular complexity index is 1990. The maximum atomic E-state index is 15.3. The molecule has 258 valence electrons. The summed E-state index contributed by atoms with van der Waals surface area (Å²) >= 11 is 0. The molecule has 0 spiro atoms. The van der Waals surface area contributed by atoms with Crippen molar-refractivity contribution in [1.29, 1.82) is 0 Å². The van der Waals surface area contributed by atoms with Gasteiger partial charge in [0.1, 0.15) is 11.6 Å². The quantitative estimate of drug-likeness (QED) is 0.0667. The summed E-state index contributed by atoms with van der Waals surface area (Å²) in [7, 11) is 0. The van der Waals surface area contributed by atoms with E-state index in [2.05, 4.69) is 15.3 Å². The van der Waals surface area contributed by atoms with Gasteiger partial charge < -0.3 is 40.7 Å². The van der Waals surface area contributed by atoms with Crippen LogP contribution in [0.3, 0.4) is 0 Å². The zero-order valence-electron chi connectivity index (χ0n) is 27.3. The molecule has 5 aromatic carbocycles. The van der Waals surface area contributed by atoms with Crippen LogP contribution in [0.5, 0.6) is 28.7 Å². The Hall–Kier alpha value is -6.75. The fourth-order valence-corrected chi connectivity index (χ4v) is 6.43. The molecule has 6 aromatic rings. The van der Waals surface area contributed by atoms with Crippen LogP contribution in [0.4, 0.5) is 0 Å². The van der Waals surface area contributed by atoms with Gasteiger partial charge in [0.25, 0.3) is 5.91 Å². The van der Waals surface area contributed by atoms with E-state index in [1.807, 2.05) is 91.0 Å². The predicted octanol–water partition coefficient (Wildman–Crippen LogP) is 5.34. The van der Waals surface area contributed by atoms with E-state index in [9.17, 15) is 30.3 Å². The minimum Gasteiger partial charge on any atom is -0.504 e. The summed E-state index contributed by atoms with van der Waals surface area (Å²) in [4.78, 5) is 38.7. The molecule has 0 aliphatic rings. The Kier molecular flexibility index (Phi) is 9.90. The average Bonchev–Trinajstić information content (AvgIpc) is 3.67. The van der Waals surface area contributed by atoms with Gasteiger partial charge in [-0.3, -0.25) is 9.59 Å². The number of H-pyrrole nitrogens is 1. The van der Waals surface area contributed by atoms with Gasteiger partial charge in [0.2, 0.25) is 5.91 Å². The van der Waals surface area contributed by atoms with Gasteiger partial charge in [-0.05, 0) is 52.9 Å². The molecule has 6 rings (SSSR count). The molecule has 0 saturated carbocycles. The first-order valence-corrected chi connectivity index (χ1v) is 16.2. The molecule has 0 aliphatic heterocycles. The number of carbonyl (C=O) groups is 2. The molecule has 11 heteroatoms. The molecule has 11 nitrogen and oxygen atoms in total. The van der Waals surface area contributed by atoms with Crippen molar-refractivity contribution in [3.8, 4) is 28.7 Å². The van der Waals surface area contributed by atoms with Crippen LogP contribution in [0.25, 0.3) is 0 Å². The highest BCUT2D eigenvalue weighted by atomic mass is 16.3. The first-order chi connectivity index (χ1) is 24.7. The normalized spacial score (nSPS) is 11.8. The number of aromatic hydroxyl groups is 5. The molecule has 0 bridgehead atoms. The topological polar surface area (TPSA) is 179 Å². The summed E-state index contributed by atoms with van der Waals surface area (Å²) in [5, 5.41) is 54.1. The number of benzene rings is 5. The molecule has 51 heavy (non-hydrogen) atoms. The number of amides is 2. The van der Waals surface area contributed by atoms with Gasteiger partial charge in [-0.1, -0.05) is 97.1 Å². The summed E-state index contributed by atoms with van der Waals surface area (Å²) in [6, 6.07) is 33.1. The molecule has 0 fully saturated rings. The van der Waals surface area contributed by atoms with Gasteiger partial charge in [-0.25, -0.2) is 4.98 Å². The number of carbonyl (C=O) groups excluding carboxylic acids is 2. The van der Waals surface area contributed by atoms with Crippen molar-refractivity contribution >= 4 is 11.8 Å². The van der Waals surface area contributed by atoms with E-state index in [1.165, 1.54) is 23.4 Å². The van der Waals surface area contributed by atoms with Crippen molar-refractivity contribution in [3.05, 3.63) is 167 Å². The van der Waals surface area contributed by atoms with Gasteiger partial charge in [0.05, 0.1) is 6.33 Å². The third-order valence-electron chi connectivity index (χ3n) is 8.81. The Morgan fingerprint density at radius 3 is 1.75 bits per heavy atom. The number of phenolic OH excluding ortho intramolecular Hbond substituents is 5.